The molecule has 6 heteroatoms. The molecule has 0 N–H and O–H groups in total. The van der Waals surface area contributed by atoms with Crippen LogP contribution in [0.15, 0.2) is 17.6 Å². The van der Waals surface area contributed by atoms with E-state index in [4.69, 9.17) is 0 Å². The van der Waals surface area contributed by atoms with Crippen molar-refractivity contribution in [2.45, 2.75) is 5.92 Å². The zero-order valence-corrected chi connectivity index (χ0v) is 6.91. The first-order valence-electron chi connectivity index (χ1n) is 3.78. The number of ketones is 2. The van der Waals surface area contributed by atoms with Crippen LogP contribution in [-0.2, 0) is 9.59 Å². The third kappa shape index (κ3) is 1.41. The molecule has 68 valence electrons. The van der Waals surface area contributed by atoms with Crippen molar-refractivity contribution in [3.63, 3.8) is 0 Å². The number of carbonyl (C=O) groups is 2. The van der Waals surface area contributed by atoms with E-state index in [2.05, 4.69) is 19.9 Å². The van der Waals surface area contributed by atoms with Gasteiger partial charge in [0.15, 0.2) is 6.54 Å². The number of hydrogen-bond donors (Lipinski definition) is 0. The number of aliphatic imine (C=N–C) groups is 1. The van der Waals surface area contributed by atoms with Crippen LogP contribution in [-0.4, -0.2) is 32.7 Å². The molecular formula is C8H4N4O2. The van der Waals surface area contributed by atoms with Gasteiger partial charge in [-0.05, 0) is 0 Å². The number of carbonyl (C=O) groups excluding carboxylic acids is 2. The highest BCUT2D eigenvalue weighted by molar-refractivity contribution is 6.46. The molecule has 2 heterocycles. The summed E-state index contributed by atoms with van der Waals surface area (Å²) in [5.41, 5.74) is 0. The quantitative estimate of drug-likeness (QED) is 0.539. The van der Waals surface area contributed by atoms with Gasteiger partial charge in [0.25, 0.3) is 0 Å². The van der Waals surface area contributed by atoms with Crippen LogP contribution in [0.4, 0.5) is 0 Å². The molecule has 1 aliphatic heterocycles. The summed E-state index contributed by atoms with van der Waals surface area (Å²) in [7, 11) is 0. The van der Waals surface area contributed by atoms with Crippen molar-refractivity contribution >= 4 is 17.8 Å². The summed E-state index contributed by atoms with van der Waals surface area (Å²) in [6.45, 7) is 2.04. The summed E-state index contributed by atoms with van der Waals surface area (Å²) in [5.74, 6) is -1.94. The Morgan fingerprint density at radius 1 is 1.21 bits per heavy atom. The SMILES string of the molecule is O=C1[C]N=CC(c2ncncn2)C1=O. The van der Waals surface area contributed by atoms with Crippen molar-refractivity contribution < 1.29 is 9.59 Å². The third-order valence-electron chi connectivity index (χ3n) is 1.69. The van der Waals surface area contributed by atoms with Crippen molar-refractivity contribution in [1.29, 1.82) is 0 Å². The lowest BCUT2D eigenvalue weighted by Gasteiger charge is -2.10. The van der Waals surface area contributed by atoms with Crippen LogP contribution in [0.5, 0.6) is 0 Å². The van der Waals surface area contributed by atoms with Crippen molar-refractivity contribution in [3.05, 3.63) is 25.0 Å². The van der Waals surface area contributed by atoms with Gasteiger partial charge in [-0.15, -0.1) is 0 Å². The van der Waals surface area contributed by atoms with Gasteiger partial charge in [0.05, 0.1) is 0 Å². The molecule has 1 atom stereocenters. The number of hydrogen-bond acceptors (Lipinski definition) is 6. The molecule has 14 heavy (non-hydrogen) atoms. The fourth-order valence-corrected chi connectivity index (χ4v) is 1.03. The molecule has 1 aliphatic rings. The lowest BCUT2D eigenvalue weighted by Crippen LogP contribution is -2.28. The van der Waals surface area contributed by atoms with Crippen molar-refractivity contribution in [2.24, 2.45) is 4.99 Å². The van der Waals surface area contributed by atoms with E-state index in [9.17, 15) is 9.59 Å². The largest absolute Gasteiger partial charge is 0.290 e. The number of nitrogens with zero attached hydrogens (tertiary/aromatic N) is 4. The summed E-state index contributed by atoms with van der Waals surface area (Å²) >= 11 is 0. The lowest BCUT2D eigenvalue weighted by molar-refractivity contribution is -0.135. The van der Waals surface area contributed by atoms with E-state index >= 15 is 0 Å². The Morgan fingerprint density at radius 3 is 2.64 bits per heavy atom. The zero-order chi connectivity index (χ0) is 9.97. The lowest BCUT2D eigenvalue weighted by atomic mass is 9.99. The van der Waals surface area contributed by atoms with E-state index in [0.717, 1.165) is 0 Å². The maximum absolute atomic E-state index is 11.3. The molecule has 0 fully saturated rings. The Kier molecular flexibility index (Phi) is 2.10. The molecule has 0 amide bonds. The first-order valence-corrected chi connectivity index (χ1v) is 3.78. The fraction of sp³-hybridized carbons (Fsp3) is 0.125. The normalized spacial score (nSPS) is 21.3. The average Bonchev–Trinajstić information content (AvgIpc) is 2.23. The molecule has 6 nitrogen and oxygen atoms in total. The Balaban J connectivity index is 2.36. The number of aromatic nitrogens is 3. The van der Waals surface area contributed by atoms with Gasteiger partial charge in [0.2, 0.25) is 11.6 Å². The molecule has 2 radical (unpaired) electrons. The molecule has 1 unspecified atom stereocenters. The summed E-state index contributed by atoms with van der Waals surface area (Å²) < 4.78 is 0. The van der Waals surface area contributed by atoms with Crippen LogP contribution in [0.3, 0.4) is 0 Å². The highest BCUT2D eigenvalue weighted by atomic mass is 16.2. The van der Waals surface area contributed by atoms with Crippen LogP contribution in [0, 0.1) is 6.54 Å². The van der Waals surface area contributed by atoms with E-state index in [0.29, 0.717) is 0 Å². The molecule has 0 spiro atoms. The Morgan fingerprint density at radius 2 is 1.93 bits per heavy atom. The summed E-state index contributed by atoms with van der Waals surface area (Å²) in [5, 5.41) is 0. The van der Waals surface area contributed by atoms with Gasteiger partial charge in [-0.1, -0.05) is 0 Å². The summed E-state index contributed by atoms with van der Waals surface area (Å²) in [6.07, 6.45) is 3.81. The van der Waals surface area contributed by atoms with Gasteiger partial charge in [0, 0.05) is 6.21 Å². The van der Waals surface area contributed by atoms with Gasteiger partial charge >= 0.3 is 0 Å². The van der Waals surface area contributed by atoms with Gasteiger partial charge in [-0.2, -0.15) is 0 Å². The minimum Gasteiger partial charge on any atom is -0.290 e. The van der Waals surface area contributed by atoms with Crippen molar-refractivity contribution in [3.8, 4) is 0 Å². The highest BCUT2D eigenvalue weighted by Gasteiger charge is 2.30. The topological polar surface area (TPSA) is 85.2 Å². The van der Waals surface area contributed by atoms with Crippen molar-refractivity contribution in [2.75, 3.05) is 0 Å². The second-order valence-corrected chi connectivity index (χ2v) is 2.56. The molecule has 0 bridgehead atoms. The molecule has 1 aromatic rings. The van der Waals surface area contributed by atoms with Gasteiger partial charge in [-0.3, -0.25) is 14.6 Å². The van der Waals surface area contributed by atoms with E-state index < -0.39 is 17.5 Å². The minimum atomic E-state index is -0.799. The monoisotopic (exact) mass is 188 g/mol. The minimum absolute atomic E-state index is 0.226. The predicted molar refractivity (Wildman–Crippen MR) is 44.3 cm³/mol. The summed E-state index contributed by atoms with van der Waals surface area (Å²) in [6, 6.07) is 0. The van der Waals surface area contributed by atoms with E-state index in [1.807, 2.05) is 6.54 Å². The van der Waals surface area contributed by atoms with Crippen LogP contribution in [0.25, 0.3) is 0 Å². The predicted octanol–water partition coefficient (Wildman–Crippen LogP) is -0.783. The molecule has 0 saturated heterocycles. The maximum Gasteiger partial charge on any atom is 0.233 e. The third-order valence-corrected chi connectivity index (χ3v) is 1.69. The van der Waals surface area contributed by atoms with Crippen LogP contribution in [0.1, 0.15) is 11.7 Å². The molecule has 1 aromatic heterocycles. The standard InChI is InChI=1S/C8H4N4O2/c13-6-2-9-1-5(7(6)14)8-11-3-10-4-12-8/h1,3-5H. The van der Waals surface area contributed by atoms with Crippen molar-refractivity contribution in [1.82, 2.24) is 15.0 Å². The number of rotatable bonds is 1. The first kappa shape index (κ1) is 8.61. The Bertz CT molecular complexity index is 401. The van der Waals surface area contributed by atoms with E-state index in [1.165, 1.54) is 18.9 Å². The van der Waals surface area contributed by atoms with Crippen LogP contribution < -0.4 is 0 Å². The van der Waals surface area contributed by atoms with Gasteiger partial charge in [-0.25, -0.2) is 15.0 Å². The fourth-order valence-electron chi connectivity index (χ4n) is 1.03. The maximum atomic E-state index is 11.3. The number of Topliss-reactive ketones (excluding diaryl/α,β-unsaturated/α-hetero) is 2. The van der Waals surface area contributed by atoms with Crippen LogP contribution >= 0.6 is 0 Å². The van der Waals surface area contributed by atoms with E-state index in [1.54, 1.807) is 0 Å². The molecule has 0 saturated carbocycles. The highest BCUT2D eigenvalue weighted by Crippen LogP contribution is 2.14. The van der Waals surface area contributed by atoms with Gasteiger partial charge in [0.1, 0.15) is 24.4 Å². The van der Waals surface area contributed by atoms with Crippen LogP contribution in [0.2, 0.25) is 0 Å². The molecule has 0 aromatic carbocycles. The Hall–Kier alpha value is -1.98. The second kappa shape index (κ2) is 3.41. The zero-order valence-electron chi connectivity index (χ0n) is 6.91. The first-order chi connectivity index (χ1) is 6.79. The Labute approximate surface area is 79.1 Å². The van der Waals surface area contributed by atoms with E-state index in [-0.39, 0.29) is 5.82 Å². The molecular weight excluding hydrogens is 184 g/mol. The van der Waals surface area contributed by atoms with Gasteiger partial charge < -0.3 is 0 Å². The average molecular weight is 188 g/mol. The molecule has 2 rings (SSSR count). The second-order valence-electron chi connectivity index (χ2n) is 2.56. The molecule has 0 aliphatic carbocycles. The smallest absolute Gasteiger partial charge is 0.233 e. The summed E-state index contributed by atoms with van der Waals surface area (Å²) in [4.78, 5) is 36.9.